The van der Waals surface area contributed by atoms with Gasteiger partial charge in [0.15, 0.2) is 0 Å². The summed E-state index contributed by atoms with van der Waals surface area (Å²) in [7, 11) is -3.66. The Balaban J connectivity index is 1.35. The van der Waals surface area contributed by atoms with Gasteiger partial charge >= 0.3 is 0 Å². The normalized spacial score (nSPS) is 17.2. The third-order valence-corrected chi connectivity index (χ3v) is 9.67. The molecule has 39 heavy (non-hydrogen) atoms. The number of likely N-dealkylation sites (tertiary alicyclic amines) is 1. The first-order valence-corrected chi connectivity index (χ1v) is 15.9. The van der Waals surface area contributed by atoms with Crippen LogP contribution in [0.4, 0.5) is 0 Å². The van der Waals surface area contributed by atoms with E-state index < -0.39 is 10.0 Å². The maximum absolute atomic E-state index is 13.5. The molecule has 2 aliphatic rings. The zero-order chi connectivity index (χ0) is 27.8. The number of sulfonamides is 1. The van der Waals surface area contributed by atoms with E-state index in [0.717, 1.165) is 37.1 Å². The first kappa shape index (κ1) is 29.3. The molecule has 2 aromatic carbocycles. The first-order valence-electron chi connectivity index (χ1n) is 14.4. The lowest BCUT2D eigenvalue weighted by Gasteiger charge is -2.36. The Morgan fingerprint density at radius 3 is 2.26 bits per heavy atom. The summed E-state index contributed by atoms with van der Waals surface area (Å²) < 4.78 is 28.2. The molecule has 1 heterocycles. The van der Waals surface area contributed by atoms with Gasteiger partial charge in [-0.3, -0.25) is 9.59 Å². The van der Waals surface area contributed by atoms with Gasteiger partial charge < -0.3 is 9.80 Å². The van der Waals surface area contributed by atoms with Crippen LogP contribution in [-0.4, -0.2) is 62.8 Å². The van der Waals surface area contributed by atoms with Crippen molar-refractivity contribution in [3.05, 3.63) is 65.2 Å². The molecule has 2 amide bonds. The van der Waals surface area contributed by atoms with Crippen LogP contribution in [0.2, 0.25) is 0 Å². The van der Waals surface area contributed by atoms with Crippen molar-refractivity contribution in [1.29, 1.82) is 0 Å². The highest BCUT2D eigenvalue weighted by molar-refractivity contribution is 7.89. The predicted octanol–water partition coefficient (Wildman–Crippen LogP) is 4.93. The first-order chi connectivity index (χ1) is 18.7. The van der Waals surface area contributed by atoms with Gasteiger partial charge in [-0.15, -0.1) is 0 Å². The minimum atomic E-state index is -3.66. The second-order valence-corrected chi connectivity index (χ2v) is 13.1. The van der Waals surface area contributed by atoms with Gasteiger partial charge in [0.05, 0.1) is 4.90 Å². The SMILES string of the molecule is Cc1ccc(S(=O)(=O)NCCN(CC2CCN(C(=O)CC3CCCCC3)CC2)C(=O)c2cccc(C)c2)cc1. The quantitative estimate of drug-likeness (QED) is 0.452. The molecule has 1 N–H and O–H groups in total. The molecular formula is C31H43N3O4S. The van der Waals surface area contributed by atoms with E-state index >= 15 is 0 Å². The molecule has 1 aliphatic carbocycles. The summed E-state index contributed by atoms with van der Waals surface area (Å²) in [6.07, 6.45) is 8.49. The molecule has 4 rings (SSSR count). The number of aryl methyl sites for hydroxylation is 2. The second kappa shape index (κ2) is 13.6. The van der Waals surface area contributed by atoms with Gasteiger partial charge in [-0.1, -0.05) is 54.7 Å². The van der Waals surface area contributed by atoms with Gasteiger partial charge in [0.25, 0.3) is 5.91 Å². The fraction of sp³-hybridized carbons (Fsp3) is 0.548. The van der Waals surface area contributed by atoms with E-state index in [0.29, 0.717) is 24.4 Å². The van der Waals surface area contributed by atoms with E-state index in [1.54, 1.807) is 29.2 Å². The molecule has 0 atom stereocenters. The molecule has 0 radical (unpaired) electrons. The minimum Gasteiger partial charge on any atom is -0.343 e. The fourth-order valence-corrected chi connectivity index (χ4v) is 6.82. The zero-order valence-corrected chi connectivity index (χ0v) is 24.2. The van der Waals surface area contributed by atoms with E-state index in [9.17, 15) is 18.0 Å². The summed E-state index contributed by atoms with van der Waals surface area (Å²) in [4.78, 5) is 30.4. The van der Waals surface area contributed by atoms with Gasteiger partial charge in [-0.05, 0) is 75.6 Å². The van der Waals surface area contributed by atoms with Crippen molar-refractivity contribution in [3.63, 3.8) is 0 Å². The molecule has 2 aromatic rings. The molecule has 7 nitrogen and oxygen atoms in total. The molecule has 2 fully saturated rings. The zero-order valence-electron chi connectivity index (χ0n) is 23.4. The van der Waals surface area contributed by atoms with E-state index in [-0.39, 0.29) is 35.7 Å². The number of piperidine rings is 1. The molecule has 1 saturated carbocycles. The van der Waals surface area contributed by atoms with Crippen molar-refractivity contribution in [2.75, 3.05) is 32.7 Å². The number of hydrogen-bond acceptors (Lipinski definition) is 4. The van der Waals surface area contributed by atoms with Crippen molar-refractivity contribution in [1.82, 2.24) is 14.5 Å². The predicted molar refractivity (Wildman–Crippen MR) is 154 cm³/mol. The number of nitrogens with zero attached hydrogens (tertiary/aromatic N) is 2. The Morgan fingerprint density at radius 2 is 1.59 bits per heavy atom. The van der Waals surface area contributed by atoms with Crippen LogP contribution < -0.4 is 4.72 Å². The van der Waals surface area contributed by atoms with Gasteiger partial charge in [0.1, 0.15) is 0 Å². The van der Waals surface area contributed by atoms with E-state index in [2.05, 4.69) is 4.72 Å². The van der Waals surface area contributed by atoms with Crippen molar-refractivity contribution in [3.8, 4) is 0 Å². The molecule has 0 unspecified atom stereocenters. The number of carbonyl (C=O) groups is 2. The smallest absolute Gasteiger partial charge is 0.253 e. The summed E-state index contributed by atoms with van der Waals surface area (Å²) in [6.45, 7) is 6.27. The van der Waals surface area contributed by atoms with Gasteiger partial charge in [0, 0.05) is 44.7 Å². The third-order valence-electron chi connectivity index (χ3n) is 8.19. The third kappa shape index (κ3) is 8.39. The van der Waals surface area contributed by atoms with E-state index in [1.165, 1.54) is 32.1 Å². The Labute approximate surface area is 234 Å². The molecule has 8 heteroatoms. The molecule has 1 saturated heterocycles. The van der Waals surface area contributed by atoms with E-state index in [4.69, 9.17) is 0 Å². The Hall–Kier alpha value is -2.71. The number of amides is 2. The lowest BCUT2D eigenvalue weighted by Crippen LogP contribution is -2.45. The molecule has 0 aromatic heterocycles. The van der Waals surface area contributed by atoms with Crippen molar-refractivity contribution in [2.45, 2.75) is 70.1 Å². The summed E-state index contributed by atoms with van der Waals surface area (Å²) in [6, 6.07) is 14.2. The molecular weight excluding hydrogens is 510 g/mol. The number of nitrogens with one attached hydrogen (secondary N) is 1. The average Bonchev–Trinajstić information content (AvgIpc) is 2.93. The number of rotatable bonds is 10. The van der Waals surface area contributed by atoms with E-state index in [1.807, 2.05) is 43.0 Å². The maximum atomic E-state index is 13.5. The molecule has 212 valence electrons. The summed E-state index contributed by atoms with van der Waals surface area (Å²) in [5.74, 6) is 0.990. The van der Waals surface area contributed by atoms with Crippen LogP contribution in [0.25, 0.3) is 0 Å². The van der Waals surface area contributed by atoms with Gasteiger partial charge in [-0.2, -0.15) is 0 Å². The standard InChI is InChI=1S/C31H43N3O4S/c1-24-11-13-29(14-12-24)39(37,38)32-17-20-34(31(36)28-10-6-7-25(2)21-28)23-27-15-18-33(19-16-27)30(35)22-26-8-4-3-5-9-26/h6-7,10-14,21,26-27,32H,3-5,8-9,15-20,22-23H2,1-2H3. The lowest BCUT2D eigenvalue weighted by atomic mass is 9.86. The maximum Gasteiger partial charge on any atom is 0.253 e. The second-order valence-electron chi connectivity index (χ2n) is 11.4. The van der Waals surface area contributed by atoms with Crippen LogP contribution in [-0.2, 0) is 14.8 Å². The Morgan fingerprint density at radius 1 is 0.897 bits per heavy atom. The highest BCUT2D eigenvalue weighted by Gasteiger charge is 2.28. The van der Waals surface area contributed by atoms with Crippen LogP contribution >= 0.6 is 0 Å². The number of hydrogen-bond donors (Lipinski definition) is 1. The van der Waals surface area contributed by atoms with Crippen LogP contribution in [0.3, 0.4) is 0 Å². The number of carbonyl (C=O) groups excluding carboxylic acids is 2. The Bertz CT molecular complexity index is 1210. The minimum absolute atomic E-state index is 0.0935. The molecule has 1 aliphatic heterocycles. The van der Waals surface area contributed by atoms with Gasteiger partial charge in [0.2, 0.25) is 15.9 Å². The van der Waals surface area contributed by atoms with Gasteiger partial charge in [-0.25, -0.2) is 13.1 Å². The molecule has 0 bridgehead atoms. The highest BCUT2D eigenvalue weighted by atomic mass is 32.2. The topological polar surface area (TPSA) is 86.8 Å². The van der Waals surface area contributed by atoms with Crippen molar-refractivity contribution in [2.24, 2.45) is 11.8 Å². The van der Waals surface area contributed by atoms with Crippen molar-refractivity contribution < 1.29 is 18.0 Å². The number of benzene rings is 2. The summed E-state index contributed by atoms with van der Waals surface area (Å²) in [5, 5.41) is 0. The van der Waals surface area contributed by atoms with Crippen LogP contribution in [0.5, 0.6) is 0 Å². The van der Waals surface area contributed by atoms with Crippen molar-refractivity contribution >= 4 is 21.8 Å². The summed E-state index contributed by atoms with van der Waals surface area (Å²) in [5.41, 5.74) is 2.60. The largest absolute Gasteiger partial charge is 0.343 e. The summed E-state index contributed by atoms with van der Waals surface area (Å²) >= 11 is 0. The Kier molecular flexibility index (Phi) is 10.2. The van der Waals surface area contributed by atoms with Crippen LogP contribution in [0, 0.1) is 25.7 Å². The van der Waals surface area contributed by atoms with Crippen LogP contribution in [0.1, 0.15) is 72.9 Å². The van der Waals surface area contributed by atoms with Crippen LogP contribution in [0.15, 0.2) is 53.4 Å². The highest BCUT2D eigenvalue weighted by Crippen LogP contribution is 2.28. The fourth-order valence-electron chi connectivity index (χ4n) is 5.80. The lowest BCUT2D eigenvalue weighted by molar-refractivity contribution is -0.133. The molecule has 0 spiro atoms. The monoisotopic (exact) mass is 553 g/mol. The average molecular weight is 554 g/mol.